The Kier molecular flexibility index (Phi) is 2.61. The molecule has 0 aromatic heterocycles. The van der Waals surface area contributed by atoms with Gasteiger partial charge < -0.3 is 4.89 Å². The molecule has 0 saturated carbocycles. The molecule has 0 heterocycles. The molecule has 1 aromatic rings. The minimum Gasteiger partial charge on any atom is -0.626 e. The SMILES string of the molecule is CC=[P+]([O-])c1ccccc1. The molecule has 10 heavy (non-hydrogen) atoms. The van der Waals surface area contributed by atoms with Gasteiger partial charge in [-0.3, -0.25) is 0 Å². The molecule has 0 aliphatic carbocycles. The monoisotopic (exact) mass is 152 g/mol. The first kappa shape index (κ1) is 7.46. The summed E-state index contributed by atoms with van der Waals surface area (Å²) >= 11 is 0. The lowest BCUT2D eigenvalue weighted by Gasteiger charge is -1.93. The summed E-state index contributed by atoms with van der Waals surface area (Å²) in [5, 5.41) is 0.903. The zero-order valence-corrected chi connectivity index (χ0v) is 6.71. The highest BCUT2D eigenvalue weighted by molar-refractivity contribution is 7.58. The van der Waals surface area contributed by atoms with Gasteiger partial charge in [0, 0.05) is 0 Å². The summed E-state index contributed by atoms with van der Waals surface area (Å²) < 4.78 is 0. The van der Waals surface area contributed by atoms with E-state index < -0.39 is 7.77 Å². The van der Waals surface area contributed by atoms with Crippen LogP contribution < -0.4 is 10.2 Å². The number of hydrogen-bond donors (Lipinski definition) is 0. The van der Waals surface area contributed by atoms with Crippen LogP contribution in [0.4, 0.5) is 0 Å². The highest BCUT2D eigenvalue weighted by Gasteiger charge is 1.96. The second-order valence-electron chi connectivity index (χ2n) is 1.92. The maximum absolute atomic E-state index is 11.1. The molecule has 0 aliphatic heterocycles. The lowest BCUT2D eigenvalue weighted by Crippen LogP contribution is -2.04. The van der Waals surface area contributed by atoms with E-state index in [4.69, 9.17) is 0 Å². The van der Waals surface area contributed by atoms with Crippen molar-refractivity contribution in [3.8, 4) is 0 Å². The molecule has 0 amide bonds. The molecule has 1 rings (SSSR count). The van der Waals surface area contributed by atoms with Gasteiger partial charge in [-0.1, -0.05) is 18.2 Å². The summed E-state index contributed by atoms with van der Waals surface area (Å²) in [6.45, 7) is 1.81. The molecule has 1 nitrogen and oxygen atoms in total. The summed E-state index contributed by atoms with van der Waals surface area (Å²) in [6.07, 6.45) is 0. The van der Waals surface area contributed by atoms with Crippen LogP contribution in [-0.4, -0.2) is 5.80 Å². The van der Waals surface area contributed by atoms with Gasteiger partial charge in [0.05, 0.1) is 13.6 Å². The van der Waals surface area contributed by atoms with Gasteiger partial charge in [0.1, 0.15) is 5.30 Å². The van der Waals surface area contributed by atoms with Gasteiger partial charge in [-0.25, -0.2) is 0 Å². The standard InChI is InChI=1S/C8H9OP/c1-2-10(9)8-6-4-3-5-7-8/h2-7H,1H3. The van der Waals surface area contributed by atoms with Crippen LogP contribution in [0.15, 0.2) is 30.3 Å². The van der Waals surface area contributed by atoms with Gasteiger partial charge in [-0.2, -0.15) is 0 Å². The van der Waals surface area contributed by atoms with Crippen LogP contribution in [0.1, 0.15) is 6.92 Å². The van der Waals surface area contributed by atoms with E-state index in [1.165, 1.54) is 0 Å². The van der Waals surface area contributed by atoms with Crippen LogP contribution in [0.2, 0.25) is 0 Å². The Morgan fingerprint density at radius 2 is 1.90 bits per heavy atom. The Balaban J connectivity index is 2.96. The zero-order chi connectivity index (χ0) is 7.40. The average Bonchev–Trinajstić information content (AvgIpc) is 2.05. The van der Waals surface area contributed by atoms with Gasteiger partial charge in [-0.15, -0.1) is 0 Å². The van der Waals surface area contributed by atoms with Crippen LogP contribution in [-0.2, 0) is 0 Å². The van der Waals surface area contributed by atoms with Crippen molar-refractivity contribution in [2.45, 2.75) is 6.92 Å². The third kappa shape index (κ3) is 1.66. The van der Waals surface area contributed by atoms with Crippen LogP contribution in [0.5, 0.6) is 0 Å². The molecule has 52 valence electrons. The van der Waals surface area contributed by atoms with Crippen molar-refractivity contribution in [3.63, 3.8) is 0 Å². The minimum atomic E-state index is -1.25. The molecule has 0 fully saturated rings. The van der Waals surface area contributed by atoms with E-state index in [9.17, 15) is 4.89 Å². The molecule has 1 unspecified atom stereocenters. The van der Waals surface area contributed by atoms with Crippen molar-refractivity contribution in [1.29, 1.82) is 0 Å². The summed E-state index contributed by atoms with van der Waals surface area (Å²) in [5.74, 6) is 1.71. The highest BCUT2D eigenvalue weighted by atomic mass is 31.1. The Bertz CT molecular complexity index is 228. The maximum Gasteiger partial charge on any atom is 0.144 e. The molecule has 0 aliphatic rings. The zero-order valence-electron chi connectivity index (χ0n) is 5.82. The molecular weight excluding hydrogens is 143 g/mol. The van der Waals surface area contributed by atoms with Gasteiger partial charge in [0.2, 0.25) is 0 Å². The maximum atomic E-state index is 11.1. The Morgan fingerprint density at radius 1 is 1.30 bits per heavy atom. The highest BCUT2D eigenvalue weighted by Crippen LogP contribution is 2.07. The fourth-order valence-electron chi connectivity index (χ4n) is 0.724. The first-order chi connectivity index (χ1) is 4.84. The van der Waals surface area contributed by atoms with Crippen molar-refractivity contribution in [1.82, 2.24) is 0 Å². The minimum absolute atomic E-state index is 0.903. The van der Waals surface area contributed by atoms with E-state index in [1.807, 2.05) is 37.3 Å². The fourth-order valence-corrected chi connectivity index (χ4v) is 1.49. The van der Waals surface area contributed by atoms with Crippen molar-refractivity contribution in [3.05, 3.63) is 30.3 Å². The van der Waals surface area contributed by atoms with Crippen LogP contribution >= 0.6 is 7.77 Å². The van der Waals surface area contributed by atoms with Crippen LogP contribution in [0.25, 0.3) is 0 Å². The molecule has 1 atom stereocenters. The van der Waals surface area contributed by atoms with Crippen molar-refractivity contribution in [2.75, 3.05) is 0 Å². The molecule has 0 radical (unpaired) electrons. The molecular formula is C8H9OP. The third-order valence-corrected chi connectivity index (χ3v) is 2.52. The van der Waals surface area contributed by atoms with E-state index in [-0.39, 0.29) is 0 Å². The van der Waals surface area contributed by atoms with E-state index >= 15 is 0 Å². The first-order valence-corrected chi connectivity index (χ1v) is 4.48. The van der Waals surface area contributed by atoms with Crippen molar-refractivity contribution in [2.24, 2.45) is 0 Å². The van der Waals surface area contributed by atoms with Crippen molar-refractivity contribution < 1.29 is 4.89 Å². The van der Waals surface area contributed by atoms with E-state index in [1.54, 1.807) is 5.80 Å². The number of hydrogen-bond acceptors (Lipinski definition) is 1. The third-order valence-electron chi connectivity index (χ3n) is 1.25. The van der Waals surface area contributed by atoms with Crippen LogP contribution in [0, 0.1) is 0 Å². The Hall–Kier alpha value is -0.650. The second-order valence-corrected chi connectivity index (χ2v) is 3.60. The molecule has 2 heteroatoms. The lowest BCUT2D eigenvalue weighted by atomic mass is 10.4. The summed E-state index contributed by atoms with van der Waals surface area (Å²) in [6, 6.07) is 9.46. The second kappa shape index (κ2) is 3.50. The predicted molar refractivity (Wildman–Crippen MR) is 44.7 cm³/mol. The topological polar surface area (TPSA) is 23.1 Å². The summed E-state index contributed by atoms with van der Waals surface area (Å²) in [4.78, 5) is 11.1. The predicted octanol–water partition coefficient (Wildman–Crippen LogP) is 0.891. The number of rotatable bonds is 1. The van der Waals surface area contributed by atoms with Crippen LogP contribution in [0.3, 0.4) is 0 Å². The molecule has 0 bridgehead atoms. The van der Waals surface area contributed by atoms with Gasteiger partial charge >= 0.3 is 0 Å². The number of benzene rings is 1. The quantitative estimate of drug-likeness (QED) is 0.548. The van der Waals surface area contributed by atoms with Gasteiger partial charge in [0.25, 0.3) is 0 Å². The van der Waals surface area contributed by atoms with E-state index in [0.29, 0.717) is 0 Å². The van der Waals surface area contributed by atoms with E-state index in [0.717, 1.165) is 5.30 Å². The lowest BCUT2D eigenvalue weighted by molar-refractivity contribution is -0.149. The molecule has 1 aromatic carbocycles. The molecule has 0 spiro atoms. The van der Waals surface area contributed by atoms with Gasteiger partial charge in [0.15, 0.2) is 0 Å². The Morgan fingerprint density at radius 3 is 2.40 bits per heavy atom. The summed E-state index contributed by atoms with van der Waals surface area (Å²) in [7, 11) is -1.25. The summed E-state index contributed by atoms with van der Waals surface area (Å²) in [5.41, 5.74) is 0. The fraction of sp³-hybridized carbons (Fsp3) is 0.125. The largest absolute Gasteiger partial charge is 0.626 e. The van der Waals surface area contributed by atoms with Gasteiger partial charge in [-0.05, 0) is 19.1 Å². The Labute approximate surface area is 61.8 Å². The average molecular weight is 152 g/mol. The van der Waals surface area contributed by atoms with Crippen molar-refractivity contribution >= 4 is 18.9 Å². The van der Waals surface area contributed by atoms with E-state index in [2.05, 4.69) is 0 Å². The first-order valence-electron chi connectivity index (χ1n) is 3.15. The molecule has 0 saturated heterocycles. The molecule has 0 N–H and O–H groups in total. The normalized spacial score (nSPS) is 11.6. The smallest absolute Gasteiger partial charge is 0.144 e.